The summed E-state index contributed by atoms with van der Waals surface area (Å²) in [5.41, 5.74) is 6.58. The van der Waals surface area contributed by atoms with E-state index in [2.05, 4.69) is 18.8 Å². The molecule has 0 fully saturated rings. The zero-order valence-electron chi connectivity index (χ0n) is 17.2. The maximum absolute atomic E-state index is 14.2. The van der Waals surface area contributed by atoms with Crippen LogP contribution in [0.4, 0.5) is 5.13 Å². The summed E-state index contributed by atoms with van der Waals surface area (Å²) in [5.74, 6) is 1.59. The molecule has 0 unspecified atom stereocenters. The molecular weight excluding hydrogens is 431 g/mol. The van der Waals surface area contributed by atoms with Crippen molar-refractivity contribution in [2.75, 3.05) is 5.73 Å². The van der Waals surface area contributed by atoms with Gasteiger partial charge in [0.25, 0.3) is 0 Å². The fourth-order valence-electron chi connectivity index (χ4n) is 3.11. The van der Waals surface area contributed by atoms with E-state index in [1.54, 1.807) is 54.6 Å². The van der Waals surface area contributed by atoms with Crippen molar-refractivity contribution in [2.24, 2.45) is 5.92 Å². The fourth-order valence-corrected chi connectivity index (χ4v) is 5.83. The van der Waals surface area contributed by atoms with E-state index in [0.29, 0.717) is 39.3 Å². The van der Waals surface area contributed by atoms with E-state index in [1.807, 2.05) is 12.1 Å². The van der Waals surface area contributed by atoms with Crippen LogP contribution in [-0.2, 0) is 11.0 Å². The molecule has 2 aromatic carbocycles. The summed E-state index contributed by atoms with van der Waals surface area (Å²) >= 11 is 1.40. The number of nitrogens with two attached hydrogens (primary N) is 1. The summed E-state index contributed by atoms with van der Waals surface area (Å²) in [5, 5.41) is 0.728. The van der Waals surface area contributed by atoms with Gasteiger partial charge in [0.05, 0.1) is 6.26 Å². The summed E-state index contributed by atoms with van der Waals surface area (Å²) in [6.45, 7) is 4.23. The van der Waals surface area contributed by atoms with Gasteiger partial charge in [0.15, 0.2) is 10.9 Å². The van der Waals surface area contributed by atoms with Crippen molar-refractivity contribution in [1.29, 1.82) is 0 Å². The van der Waals surface area contributed by atoms with Gasteiger partial charge in [-0.3, -0.25) is 0 Å². The normalized spacial score (nSPS) is 11.6. The Balaban J connectivity index is 1.81. The largest absolute Gasteiger partial charge is 0.466 e. The van der Waals surface area contributed by atoms with Crippen molar-refractivity contribution in [3.05, 3.63) is 77.9 Å². The Morgan fingerprint density at radius 1 is 1.00 bits per heavy atom. The van der Waals surface area contributed by atoms with Gasteiger partial charge in [0.1, 0.15) is 22.5 Å². The molecule has 0 amide bonds. The minimum absolute atomic E-state index is 0.301. The van der Waals surface area contributed by atoms with Gasteiger partial charge in [-0.1, -0.05) is 50.2 Å². The number of thiazole rings is 1. The first-order valence-electron chi connectivity index (χ1n) is 9.87. The van der Waals surface area contributed by atoms with Crippen molar-refractivity contribution in [3.63, 3.8) is 0 Å². The SMILES string of the molecule is CC(C)Cc1sc(N)nc1-c1occc1P(=O)(Oc1ccccc1)Oc1ccccc1. The van der Waals surface area contributed by atoms with Crippen molar-refractivity contribution in [1.82, 2.24) is 4.98 Å². The van der Waals surface area contributed by atoms with Crippen LogP contribution in [0.5, 0.6) is 11.5 Å². The lowest BCUT2D eigenvalue weighted by atomic mass is 10.1. The van der Waals surface area contributed by atoms with Gasteiger partial charge in [-0.05, 0) is 42.7 Å². The molecule has 0 aliphatic rings. The molecule has 2 aromatic heterocycles. The molecule has 4 aromatic rings. The molecule has 0 saturated carbocycles. The quantitative estimate of drug-likeness (QED) is 0.321. The molecule has 4 rings (SSSR count). The summed E-state index contributed by atoms with van der Waals surface area (Å²) in [7, 11) is -3.89. The highest BCUT2D eigenvalue weighted by Crippen LogP contribution is 2.50. The van der Waals surface area contributed by atoms with E-state index < -0.39 is 7.60 Å². The second kappa shape index (κ2) is 9.00. The third kappa shape index (κ3) is 4.84. The predicted molar refractivity (Wildman–Crippen MR) is 124 cm³/mol. The Hall–Kier alpha value is -3.02. The van der Waals surface area contributed by atoms with Gasteiger partial charge < -0.3 is 19.2 Å². The minimum Gasteiger partial charge on any atom is -0.462 e. The van der Waals surface area contributed by atoms with E-state index in [1.165, 1.54) is 17.6 Å². The molecule has 6 nitrogen and oxygen atoms in total. The average Bonchev–Trinajstić information content (AvgIpc) is 3.36. The number of aromatic nitrogens is 1. The lowest BCUT2D eigenvalue weighted by molar-refractivity contribution is 0.399. The number of hydrogen-bond donors (Lipinski definition) is 1. The van der Waals surface area contributed by atoms with Crippen LogP contribution in [0, 0.1) is 5.92 Å². The zero-order chi connectivity index (χ0) is 21.8. The second-order valence-electron chi connectivity index (χ2n) is 7.36. The van der Waals surface area contributed by atoms with E-state index in [-0.39, 0.29) is 0 Å². The second-order valence-corrected chi connectivity index (χ2v) is 10.3. The van der Waals surface area contributed by atoms with Crippen molar-refractivity contribution >= 4 is 29.4 Å². The minimum atomic E-state index is -3.89. The number of rotatable bonds is 8. The molecular formula is C23H23N2O4PS. The lowest BCUT2D eigenvalue weighted by Crippen LogP contribution is -2.15. The average molecular weight is 454 g/mol. The molecule has 2 N–H and O–H groups in total. The van der Waals surface area contributed by atoms with Crippen LogP contribution in [0.2, 0.25) is 0 Å². The fraction of sp³-hybridized carbons (Fsp3) is 0.174. The molecule has 31 heavy (non-hydrogen) atoms. The topological polar surface area (TPSA) is 87.6 Å². The van der Waals surface area contributed by atoms with Gasteiger partial charge in [-0.25, -0.2) is 9.55 Å². The number of nitrogen functional groups attached to an aromatic ring is 1. The number of benzene rings is 2. The van der Waals surface area contributed by atoms with Crippen LogP contribution in [0.1, 0.15) is 18.7 Å². The van der Waals surface area contributed by atoms with Gasteiger partial charge in [-0.15, -0.1) is 11.3 Å². The Bertz CT molecular complexity index is 1140. The molecule has 8 heteroatoms. The standard InChI is InChI=1S/C23H23N2O4PS/c1-16(2)15-20-21(25-23(24)31-20)22-19(13-14-27-22)30(26,28-17-9-5-3-6-10-17)29-18-11-7-4-8-12-18/h3-14,16H,15H2,1-2H3,(H2,24,25). The number of para-hydroxylation sites is 2. The maximum atomic E-state index is 14.2. The van der Waals surface area contributed by atoms with E-state index in [9.17, 15) is 4.57 Å². The summed E-state index contributed by atoms with van der Waals surface area (Å²) in [6.07, 6.45) is 2.24. The molecule has 0 aliphatic heterocycles. The van der Waals surface area contributed by atoms with E-state index in [0.717, 1.165) is 11.3 Å². The third-order valence-electron chi connectivity index (χ3n) is 4.40. The van der Waals surface area contributed by atoms with Crippen LogP contribution in [0.15, 0.2) is 77.4 Å². The smallest absolute Gasteiger partial charge is 0.462 e. The van der Waals surface area contributed by atoms with Crippen molar-refractivity contribution in [2.45, 2.75) is 20.3 Å². The number of anilines is 1. The van der Waals surface area contributed by atoms with Gasteiger partial charge in [0.2, 0.25) is 0 Å². The Morgan fingerprint density at radius 2 is 1.58 bits per heavy atom. The van der Waals surface area contributed by atoms with E-state index >= 15 is 0 Å². The maximum Gasteiger partial charge on any atom is 0.466 e. The molecule has 0 spiro atoms. The highest BCUT2D eigenvalue weighted by atomic mass is 32.1. The van der Waals surface area contributed by atoms with Crippen LogP contribution < -0.4 is 20.1 Å². The summed E-state index contributed by atoms with van der Waals surface area (Å²) < 4.78 is 31.9. The van der Waals surface area contributed by atoms with Crippen LogP contribution in [-0.4, -0.2) is 4.98 Å². The number of hydrogen-bond acceptors (Lipinski definition) is 7. The van der Waals surface area contributed by atoms with Crippen LogP contribution in [0.25, 0.3) is 11.5 Å². The highest BCUT2D eigenvalue weighted by molar-refractivity contribution is 7.63. The molecule has 0 bridgehead atoms. The summed E-state index contributed by atoms with van der Waals surface area (Å²) in [4.78, 5) is 5.43. The summed E-state index contributed by atoms with van der Waals surface area (Å²) in [6, 6.07) is 19.5. The molecule has 2 heterocycles. The van der Waals surface area contributed by atoms with Gasteiger partial charge >= 0.3 is 7.60 Å². The van der Waals surface area contributed by atoms with Crippen molar-refractivity contribution in [3.8, 4) is 23.0 Å². The monoisotopic (exact) mass is 454 g/mol. The lowest BCUT2D eigenvalue weighted by Gasteiger charge is -2.20. The molecule has 160 valence electrons. The number of nitrogens with zero attached hydrogens (tertiary/aromatic N) is 1. The first-order chi connectivity index (χ1) is 14.9. The first kappa shape index (κ1) is 21.2. The number of furan rings is 1. The van der Waals surface area contributed by atoms with E-state index in [4.69, 9.17) is 19.2 Å². The Morgan fingerprint density at radius 3 is 2.13 bits per heavy atom. The van der Waals surface area contributed by atoms with Crippen molar-refractivity contribution < 1.29 is 18.0 Å². The molecule has 0 radical (unpaired) electrons. The Kier molecular flexibility index (Phi) is 6.16. The molecule has 0 aliphatic carbocycles. The Labute approximate surface area is 185 Å². The molecule has 0 saturated heterocycles. The van der Waals surface area contributed by atoms with Crippen LogP contribution in [0.3, 0.4) is 0 Å². The van der Waals surface area contributed by atoms with Crippen LogP contribution >= 0.6 is 18.9 Å². The van der Waals surface area contributed by atoms with Gasteiger partial charge in [-0.2, -0.15) is 0 Å². The highest BCUT2D eigenvalue weighted by Gasteiger charge is 2.38. The third-order valence-corrected chi connectivity index (χ3v) is 7.15. The zero-order valence-corrected chi connectivity index (χ0v) is 18.9. The first-order valence-corrected chi connectivity index (χ1v) is 12.2. The van der Waals surface area contributed by atoms with Gasteiger partial charge in [0, 0.05) is 4.88 Å². The molecule has 0 atom stereocenters. The predicted octanol–water partition coefficient (Wildman–Crippen LogP) is 6.16.